The summed E-state index contributed by atoms with van der Waals surface area (Å²) in [5.41, 5.74) is 2.71. The number of hydrogen-bond donors (Lipinski definition) is 0. The summed E-state index contributed by atoms with van der Waals surface area (Å²) < 4.78 is 13.6. The highest BCUT2D eigenvalue weighted by Crippen LogP contribution is 2.17. The van der Waals surface area contributed by atoms with Crippen molar-refractivity contribution in [3.8, 4) is 11.8 Å². The topological polar surface area (TPSA) is 3.24 Å². The quantitative estimate of drug-likeness (QED) is 0.699. The normalized spacial score (nSPS) is 11.6. The van der Waals surface area contributed by atoms with E-state index in [2.05, 4.69) is 44.1 Å². The summed E-state index contributed by atoms with van der Waals surface area (Å²) in [5, 5.41) is 0. The van der Waals surface area contributed by atoms with Crippen LogP contribution in [0.25, 0.3) is 5.57 Å². The second kappa shape index (κ2) is 7.96. The largest absolute Gasteiger partial charge is 0.298 e. The molecule has 1 nitrogen and oxygen atoms in total. The van der Waals surface area contributed by atoms with Gasteiger partial charge in [0.2, 0.25) is 0 Å². The van der Waals surface area contributed by atoms with Gasteiger partial charge in [0.1, 0.15) is 5.82 Å². The molecule has 0 heterocycles. The minimum atomic E-state index is -0.213. The lowest BCUT2D eigenvalue weighted by Gasteiger charge is -2.15. The molecule has 22 heavy (non-hydrogen) atoms. The molecule has 0 amide bonds. The van der Waals surface area contributed by atoms with Crippen LogP contribution in [0.4, 0.5) is 4.39 Å². The van der Waals surface area contributed by atoms with E-state index in [9.17, 15) is 4.39 Å². The van der Waals surface area contributed by atoms with Gasteiger partial charge >= 0.3 is 0 Å². The summed E-state index contributed by atoms with van der Waals surface area (Å²) in [7, 11) is 2.01. The SMILES string of the molecule is C=C(C)c1cc(F)cc(CN(C)CC=CC#CC(C)(C)C)c1. The first-order chi connectivity index (χ1) is 10.2. The molecule has 0 spiro atoms. The van der Waals surface area contributed by atoms with Crippen molar-refractivity contribution in [2.45, 2.75) is 34.2 Å². The Kier molecular flexibility index (Phi) is 6.59. The summed E-state index contributed by atoms with van der Waals surface area (Å²) in [6, 6.07) is 5.09. The van der Waals surface area contributed by atoms with E-state index in [4.69, 9.17) is 0 Å². The van der Waals surface area contributed by atoms with E-state index in [1.165, 1.54) is 6.07 Å². The molecule has 0 atom stereocenters. The van der Waals surface area contributed by atoms with Gasteiger partial charge in [0.05, 0.1) is 0 Å². The minimum Gasteiger partial charge on any atom is -0.298 e. The number of likely N-dealkylation sites (N-methyl/N-ethyl adjacent to an activating group) is 1. The smallest absolute Gasteiger partial charge is 0.124 e. The molecule has 118 valence electrons. The van der Waals surface area contributed by atoms with Crippen molar-refractivity contribution in [2.24, 2.45) is 5.41 Å². The zero-order chi connectivity index (χ0) is 16.8. The molecule has 1 aromatic rings. The van der Waals surface area contributed by atoms with Gasteiger partial charge in [-0.2, -0.15) is 0 Å². The van der Waals surface area contributed by atoms with Gasteiger partial charge < -0.3 is 0 Å². The van der Waals surface area contributed by atoms with Crippen molar-refractivity contribution in [3.05, 3.63) is 53.9 Å². The summed E-state index contributed by atoms with van der Waals surface area (Å²) in [6.07, 6.45) is 3.91. The van der Waals surface area contributed by atoms with Crippen molar-refractivity contribution in [1.82, 2.24) is 4.90 Å². The van der Waals surface area contributed by atoms with Crippen LogP contribution in [0.5, 0.6) is 0 Å². The third-order valence-corrected chi connectivity index (χ3v) is 2.97. The molecule has 1 rings (SSSR count). The number of nitrogens with zero attached hydrogens (tertiary/aromatic N) is 1. The average molecular weight is 299 g/mol. The molecule has 0 aliphatic rings. The van der Waals surface area contributed by atoms with Crippen LogP contribution in [0, 0.1) is 23.1 Å². The third-order valence-electron chi connectivity index (χ3n) is 2.97. The standard InChI is InChI=1S/C20H26FN/c1-16(2)18-12-17(13-19(21)14-18)15-22(6)11-9-7-8-10-20(3,4)5/h7,9,12-14H,1,11,15H2,2-6H3. The fraction of sp³-hybridized carbons (Fsp3) is 0.400. The van der Waals surface area contributed by atoms with Crippen LogP contribution < -0.4 is 0 Å². The Bertz CT molecular complexity index is 609. The van der Waals surface area contributed by atoms with Crippen LogP contribution in [0.1, 0.15) is 38.8 Å². The van der Waals surface area contributed by atoms with Gasteiger partial charge in [-0.3, -0.25) is 4.90 Å². The number of halogens is 1. The minimum absolute atomic E-state index is 0.0246. The summed E-state index contributed by atoms with van der Waals surface area (Å²) in [5.74, 6) is 5.99. The van der Waals surface area contributed by atoms with Crippen molar-refractivity contribution < 1.29 is 4.39 Å². The number of rotatable bonds is 5. The van der Waals surface area contributed by atoms with E-state index < -0.39 is 0 Å². The highest BCUT2D eigenvalue weighted by Gasteiger charge is 2.04. The van der Waals surface area contributed by atoms with E-state index in [0.29, 0.717) is 6.54 Å². The third kappa shape index (κ3) is 7.24. The zero-order valence-corrected chi connectivity index (χ0v) is 14.3. The van der Waals surface area contributed by atoms with Gasteiger partial charge in [-0.15, -0.1) is 0 Å². The fourth-order valence-corrected chi connectivity index (χ4v) is 1.91. The molecule has 0 aromatic heterocycles. The van der Waals surface area contributed by atoms with Crippen molar-refractivity contribution in [3.63, 3.8) is 0 Å². The lowest BCUT2D eigenvalue weighted by atomic mass is 9.98. The summed E-state index contributed by atoms with van der Waals surface area (Å²) in [4.78, 5) is 2.12. The maximum atomic E-state index is 13.6. The van der Waals surface area contributed by atoms with Gasteiger partial charge in [-0.05, 0) is 64.1 Å². The molecule has 0 saturated carbocycles. The van der Waals surface area contributed by atoms with E-state index in [1.54, 1.807) is 6.07 Å². The molecule has 2 heteroatoms. The van der Waals surface area contributed by atoms with E-state index in [0.717, 1.165) is 23.2 Å². The van der Waals surface area contributed by atoms with Crippen LogP contribution in [0.3, 0.4) is 0 Å². The highest BCUT2D eigenvalue weighted by molar-refractivity contribution is 5.61. The number of hydrogen-bond acceptors (Lipinski definition) is 1. The van der Waals surface area contributed by atoms with Gasteiger partial charge in [-0.25, -0.2) is 4.39 Å². The molecular formula is C20H26FN. The Balaban J connectivity index is 2.62. The molecule has 0 bridgehead atoms. The maximum absolute atomic E-state index is 13.6. The first-order valence-electron chi connectivity index (χ1n) is 7.49. The van der Waals surface area contributed by atoms with Crippen molar-refractivity contribution in [1.29, 1.82) is 0 Å². The van der Waals surface area contributed by atoms with Crippen molar-refractivity contribution >= 4 is 5.57 Å². The molecule has 0 aliphatic heterocycles. The summed E-state index contributed by atoms with van der Waals surface area (Å²) in [6.45, 7) is 13.5. The van der Waals surface area contributed by atoms with Crippen molar-refractivity contribution in [2.75, 3.05) is 13.6 Å². The fourth-order valence-electron chi connectivity index (χ4n) is 1.91. The Morgan fingerprint density at radius 1 is 1.32 bits per heavy atom. The van der Waals surface area contributed by atoms with E-state index >= 15 is 0 Å². The number of benzene rings is 1. The molecule has 0 aliphatic carbocycles. The molecule has 0 fully saturated rings. The average Bonchev–Trinajstić information content (AvgIpc) is 2.36. The number of allylic oxidation sites excluding steroid dienone is 2. The molecule has 0 saturated heterocycles. The highest BCUT2D eigenvalue weighted by atomic mass is 19.1. The van der Waals surface area contributed by atoms with E-state index in [1.807, 2.05) is 32.2 Å². The Hall–Kier alpha value is -1.85. The lowest BCUT2D eigenvalue weighted by molar-refractivity contribution is 0.362. The molecule has 0 N–H and O–H groups in total. The summed E-state index contributed by atoms with van der Waals surface area (Å²) >= 11 is 0. The predicted molar refractivity (Wildman–Crippen MR) is 93.8 cm³/mol. The lowest BCUT2D eigenvalue weighted by Crippen LogP contribution is -2.17. The second-order valence-electron chi connectivity index (χ2n) is 6.75. The Labute approximate surface area is 134 Å². The van der Waals surface area contributed by atoms with Crippen LogP contribution in [-0.4, -0.2) is 18.5 Å². The van der Waals surface area contributed by atoms with Gasteiger partial charge in [0, 0.05) is 18.5 Å². The Morgan fingerprint density at radius 3 is 2.59 bits per heavy atom. The zero-order valence-electron chi connectivity index (χ0n) is 14.3. The maximum Gasteiger partial charge on any atom is 0.124 e. The van der Waals surface area contributed by atoms with Crippen LogP contribution in [0.2, 0.25) is 0 Å². The van der Waals surface area contributed by atoms with Crippen LogP contribution in [0.15, 0.2) is 36.9 Å². The van der Waals surface area contributed by atoms with Gasteiger partial charge in [-0.1, -0.05) is 36.1 Å². The first-order valence-corrected chi connectivity index (χ1v) is 7.49. The first kappa shape index (κ1) is 18.2. The Morgan fingerprint density at radius 2 is 2.00 bits per heavy atom. The molecule has 0 unspecified atom stereocenters. The predicted octanol–water partition coefficient (Wildman–Crippen LogP) is 4.90. The van der Waals surface area contributed by atoms with E-state index in [-0.39, 0.29) is 11.2 Å². The molecule has 0 radical (unpaired) electrons. The molecular weight excluding hydrogens is 273 g/mol. The van der Waals surface area contributed by atoms with Crippen LogP contribution in [-0.2, 0) is 6.54 Å². The van der Waals surface area contributed by atoms with Crippen LogP contribution >= 0.6 is 0 Å². The second-order valence-corrected chi connectivity index (χ2v) is 6.75. The van der Waals surface area contributed by atoms with Gasteiger partial charge in [0.25, 0.3) is 0 Å². The molecule has 1 aromatic carbocycles. The van der Waals surface area contributed by atoms with Gasteiger partial charge in [0.15, 0.2) is 0 Å². The monoisotopic (exact) mass is 299 g/mol.